The van der Waals surface area contributed by atoms with E-state index in [1.165, 1.54) is 6.20 Å². The van der Waals surface area contributed by atoms with E-state index in [9.17, 15) is 4.79 Å². The number of aromatic nitrogens is 1. The van der Waals surface area contributed by atoms with E-state index in [4.69, 9.17) is 10.3 Å². The normalized spacial score (nSPS) is 18.1. The van der Waals surface area contributed by atoms with Crippen LogP contribution in [0.3, 0.4) is 0 Å². The zero-order valence-electron chi connectivity index (χ0n) is 8.56. The largest absolute Gasteiger partial charge is 0.351 e. The zero-order valence-corrected chi connectivity index (χ0v) is 8.56. The molecule has 2 rings (SSSR count). The van der Waals surface area contributed by atoms with Crippen LogP contribution >= 0.6 is 0 Å². The molecule has 1 fully saturated rings. The van der Waals surface area contributed by atoms with Crippen molar-refractivity contribution < 1.29 is 9.32 Å². The highest BCUT2D eigenvalue weighted by Crippen LogP contribution is 2.17. The molecule has 15 heavy (non-hydrogen) atoms. The van der Waals surface area contributed by atoms with E-state index in [1.807, 2.05) is 0 Å². The molecule has 5 heteroatoms. The lowest BCUT2D eigenvalue weighted by atomic mass is 9.97. The van der Waals surface area contributed by atoms with Crippen molar-refractivity contribution in [2.45, 2.75) is 12.8 Å². The Balaban J connectivity index is 1.93. The van der Waals surface area contributed by atoms with Crippen molar-refractivity contribution in [2.75, 3.05) is 19.6 Å². The molecule has 1 aromatic rings. The lowest BCUT2D eigenvalue weighted by Crippen LogP contribution is -2.39. The summed E-state index contributed by atoms with van der Waals surface area (Å²) in [6.07, 6.45) is 3.45. The molecule has 1 saturated heterocycles. The first kappa shape index (κ1) is 10.2. The maximum Gasteiger partial charge on any atom is 0.292 e. The molecule has 1 aromatic heterocycles. The van der Waals surface area contributed by atoms with Crippen molar-refractivity contribution in [3.8, 4) is 0 Å². The van der Waals surface area contributed by atoms with Crippen LogP contribution in [0.15, 0.2) is 16.8 Å². The van der Waals surface area contributed by atoms with Crippen LogP contribution in [0.2, 0.25) is 0 Å². The second-order valence-corrected chi connectivity index (χ2v) is 3.85. The number of likely N-dealkylation sites (tertiary alicyclic amines) is 1. The average Bonchev–Trinajstić information content (AvgIpc) is 2.82. The van der Waals surface area contributed by atoms with E-state index in [0.29, 0.717) is 18.2 Å². The van der Waals surface area contributed by atoms with Crippen LogP contribution in [0.4, 0.5) is 0 Å². The molecule has 0 aliphatic carbocycles. The number of rotatable bonds is 2. The molecule has 2 N–H and O–H groups in total. The van der Waals surface area contributed by atoms with Gasteiger partial charge in [0.05, 0.1) is 6.20 Å². The first-order valence-corrected chi connectivity index (χ1v) is 5.21. The van der Waals surface area contributed by atoms with Crippen molar-refractivity contribution in [1.82, 2.24) is 10.1 Å². The van der Waals surface area contributed by atoms with Crippen molar-refractivity contribution in [3.05, 3.63) is 18.0 Å². The van der Waals surface area contributed by atoms with Crippen LogP contribution in [0.25, 0.3) is 0 Å². The second-order valence-electron chi connectivity index (χ2n) is 3.85. The van der Waals surface area contributed by atoms with Gasteiger partial charge in [0.15, 0.2) is 0 Å². The third-order valence-corrected chi connectivity index (χ3v) is 2.88. The van der Waals surface area contributed by atoms with Crippen LogP contribution in [-0.2, 0) is 0 Å². The van der Waals surface area contributed by atoms with Crippen LogP contribution in [0.1, 0.15) is 23.4 Å². The van der Waals surface area contributed by atoms with E-state index < -0.39 is 0 Å². The molecule has 5 nitrogen and oxygen atoms in total. The molecular weight excluding hydrogens is 194 g/mol. The van der Waals surface area contributed by atoms with Gasteiger partial charge in [-0.2, -0.15) is 0 Å². The molecule has 1 amide bonds. The standard InChI is InChI=1S/C10H15N3O2/c11-7-8-2-5-13(6-3-8)10(14)9-1-4-12-15-9/h1,4,8H,2-3,5-7,11H2. The highest BCUT2D eigenvalue weighted by atomic mass is 16.5. The molecule has 82 valence electrons. The minimum Gasteiger partial charge on any atom is -0.351 e. The van der Waals surface area contributed by atoms with Gasteiger partial charge in [0, 0.05) is 19.2 Å². The molecule has 1 aliphatic rings. The topological polar surface area (TPSA) is 72.4 Å². The number of hydrogen-bond donors (Lipinski definition) is 1. The molecule has 0 aromatic carbocycles. The summed E-state index contributed by atoms with van der Waals surface area (Å²) in [6, 6.07) is 1.59. The van der Waals surface area contributed by atoms with Crippen LogP contribution in [0, 0.1) is 5.92 Å². The zero-order chi connectivity index (χ0) is 10.7. The Labute approximate surface area is 88.2 Å². The van der Waals surface area contributed by atoms with Crippen LogP contribution in [-0.4, -0.2) is 35.6 Å². The molecular formula is C10H15N3O2. The fourth-order valence-corrected chi connectivity index (χ4v) is 1.85. The highest BCUT2D eigenvalue weighted by molar-refractivity contribution is 5.91. The molecule has 0 unspecified atom stereocenters. The first-order chi connectivity index (χ1) is 7.31. The molecule has 0 saturated carbocycles. The highest BCUT2D eigenvalue weighted by Gasteiger charge is 2.24. The van der Waals surface area contributed by atoms with E-state index >= 15 is 0 Å². The van der Waals surface area contributed by atoms with Gasteiger partial charge in [0.2, 0.25) is 5.76 Å². The number of nitrogens with two attached hydrogens (primary N) is 1. The maximum absolute atomic E-state index is 11.8. The van der Waals surface area contributed by atoms with E-state index in [1.54, 1.807) is 11.0 Å². The van der Waals surface area contributed by atoms with E-state index in [2.05, 4.69) is 5.16 Å². The summed E-state index contributed by atoms with van der Waals surface area (Å²) in [6.45, 7) is 2.24. The summed E-state index contributed by atoms with van der Waals surface area (Å²) in [5.74, 6) is 0.813. The van der Waals surface area contributed by atoms with Crippen molar-refractivity contribution in [1.29, 1.82) is 0 Å². The van der Waals surface area contributed by atoms with Crippen LogP contribution < -0.4 is 5.73 Å². The summed E-state index contributed by atoms with van der Waals surface area (Å²) < 4.78 is 4.84. The lowest BCUT2D eigenvalue weighted by molar-refractivity contribution is 0.0651. The molecule has 0 atom stereocenters. The van der Waals surface area contributed by atoms with Gasteiger partial charge in [-0.25, -0.2) is 0 Å². The van der Waals surface area contributed by atoms with Gasteiger partial charge in [0.25, 0.3) is 5.91 Å². The third-order valence-electron chi connectivity index (χ3n) is 2.88. The van der Waals surface area contributed by atoms with Gasteiger partial charge in [0.1, 0.15) is 0 Å². The number of amides is 1. The Morgan fingerprint density at radius 3 is 2.87 bits per heavy atom. The summed E-state index contributed by atoms with van der Waals surface area (Å²) in [5.41, 5.74) is 5.59. The van der Waals surface area contributed by atoms with Gasteiger partial charge in [-0.15, -0.1) is 0 Å². The molecule has 2 heterocycles. The minimum absolute atomic E-state index is 0.0667. The molecule has 0 spiro atoms. The van der Waals surface area contributed by atoms with Crippen molar-refractivity contribution >= 4 is 5.91 Å². The number of hydrogen-bond acceptors (Lipinski definition) is 4. The van der Waals surface area contributed by atoms with Gasteiger partial charge in [-0.3, -0.25) is 4.79 Å². The Hall–Kier alpha value is -1.36. The van der Waals surface area contributed by atoms with Crippen molar-refractivity contribution in [2.24, 2.45) is 11.7 Å². The molecule has 0 bridgehead atoms. The predicted molar refractivity (Wildman–Crippen MR) is 54.2 cm³/mol. The maximum atomic E-state index is 11.8. The van der Waals surface area contributed by atoms with E-state index in [0.717, 1.165) is 25.9 Å². The Morgan fingerprint density at radius 1 is 1.60 bits per heavy atom. The minimum atomic E-state index is -0.0667. The Kier molecular flexibility index (Phi) is 3.01. The number of piperidine rings is 1. The van der Waals surface area contributed by atoms with E-state index in [-0.39, 0.29) is 5.91 Å². The van der Waals surface area contributed by atoms with Gasteiger partial charge in [-0.1, -0.05) is 5.16 Å². The smallest absolute Gasteiger partial charge is 0.292 e. The summed E-state index contributed by atoms with van der Waals surface area (Å²) in [7, 11) is 0. The monoisotopic (exact) mass is 209 g/mol. The summed E-state index contributed by atoms with van der Waals surface area (Å²) >= 11 is 0. The Bertz CT molecular complexity index is 315. The van der Waals surface area contributed by atoms with Gasteiger partial charge in [-0.05, 0) is 25.3 Å². The number of carbonyl (C=O) groups is 1. The lowest BCUT2D eigenvalue weighted by Gasteiger charge is -2.30. The molecule has 1 aliphatic heterocycles. The van der Waals surface area contributed by atoms with Gasteiger partial charge < -0.3 is 15.2 Å². The average molecular weight is 209 g/mol. The van der Waals surface area contributed by atoms with Crippen molar-refractivity contribution in [3.63, 3.8) is 0 Å². The first-order valence-electron chi connectivity index (χ1n) is 5.21. The number of nitrogens with zero attached hydrogens (tertiary/aromatic N) is 2. The quantitative estimate of drug-likeness (QED) is 0.769. The third kappa shape index (κ3) is 2.18. The van der Waals surface area contributed by atoms with Crippen LogP contribution in [0.5, 0.6) is 0 Å². The van der Waals surface area contributed by atoms with Gasteiger partial charge >= 0.3 is 0 Å². The summed E-state index contributed by atoms with van der Waals surface area (Å²) in [4.78, 5) is 13.6. The SMILES string of the molecule is NCC1CCN(C(=O)c2ccno2)CC1. The molecule has 0 radical (unpaired) electrons. The summed E-state index contributed by atoms with van der Waals surface area (Å²) in [5, 5.41) is 3.53. The second kappa shape index (κ2) is 4.44. The fraction of sp³-hybridized carbons (Fsp3) is 0.600. The number of carbonyl (C=O) groups excluding carboxylic acids is 1. The predicted octanol–water partition coefficient (Wildman–Crippen LogP) is 0.485. The fourth-order valence-electron chi connectivity index (χ4n) is 1.85. The Morgan fingerprint density at radius 2 is 2.33 bits per heavy atom.